The summed E-state index contributed by atoms with van der Waals surface area (Å²) in [7, 11) is 1.69. The number of rotatable bonds is 5. The predicted molar refractivity (Wildman–Crippen MR) is 112 cm³/mol. The van der Waals surface area contributed by atoms with Crippen LogP contribution >= 0.6 is 11.3 Å². The molecule has 2 aromatic rings. The molecule has 4 nitrogen and oxygen atoms in total. The van der Waals surface area contributed by atoms with Gasteiger partial charge in [-0.25, -0.2) is 0 Å². The summed E-state index contributed by atoms with van der Waals surface area (Å²) in [5.74, 6) is 0.488. The van der Waals surface area contributed by atoms with Crippen molar-refractivity contribution in [3.8, 4) is 0 Å². The van der Waals surface area contributed by atoms with Crippen molar-refractivity contribution in [1.29, 1.82) is 0 Å². The zero-order chi connectivity index (χ0) is 19.6. The summed E-state index contributed by atoms with van der Waals surface area (Å²) in [5.41, 5.74) is 4.24. The van der Waals surface area contributed by atoms with E-state index in [9.17, 15) is 9.59 Å². The van der Waals surface area contributed by atoms with E-state index in [1.807, 2.05) is 38.1 Å². The molecule has 1 heterocycles. The fourth-order valence-electron chi connectivity index (χ4n) is 3.59. The van der Waals surface area contributed by atoms with Gasteiger partial charge in [0.25, 0.3) is 5.91 Å². The first-order chi connectivity index (χ1) is 12.9. The smallest absolute Gasteiger partial charge is 0.264 e. The number of amides is 2. The quantitative estimate of drug-likeness (QED) is 0.820. The number of carbonyl (C=O) groups excluding carboxylic acids is 2. The minimum atomic E-state index is -0.174. The first kappa shape index (κ1) is 19.6. The predicted octanol–water partition coefficient (Wildman–Crippen LogP) is 4.59. The Morgan fingerprint density at radius 1 is 1.26 bits per heavy atom. The van der Waals surface area contributed by atoms with Gasteiger partial charge in [-0.1, -0.05) is 25.5 Å². The summed E-state index contributed by atoms with van der Waals surface area (Å²) in [4.78, 5) is 28.8. The second kappa shape index (κ2) is 8.26. The number of fused-ring (bicyclic) bond motifs is 1. The lowest BCUT2D eigenvalue weighted by atomic mass is 9.87. The largest absolute Gasteiger partial charge is 0.332 e. The highest BCUT2D eigenvalue weighted by Crippen LogP contribution is 2.34. The molecule has 0 bridgehead atoms. The number of anilines is 1. The second-order valence-corrected chi connectivity index (χ2v) is 8.74. The third-order valence-corrected chi connectivity index (χ3v) is 6.59. The summed E-state index contributed by atoms with van der Waals surface area (Å²) in [6, 6.07) is 8.00. The Bertz CT molecular complexity index is 856. The van der Waals surface area contributed by atoms with Gasteiger partial charge in [0, 0.05) is 17.6 Å². The van der Waals surface area contributed by atoms with Crippen molar-refractivity contribution in [2.75, 3.05) is 18.9 Å². The number of likely N-dealkylation sites (N-methyl/N-ethyl adjacent to an activating group) is 1. The molecule has 0 unspecified atom stereocenters. The number of carbonyl (C=O) groups is 2. The third-order valence-electron chi connectivity index (χ3n) is 5.37. The molecule has 0 saturated heterocycles. The number of thiophene rings is 1. The summed E-state index contributed by atoms with van der Waals surface area (Å²) < 4.78 is 0. The van der Waals surface area contributed by atoms with Crippen LogP contribution in [0.1, 0.15) is 51.0 Å². The van der Waals surface area contributed by atoms with Crippen LogP contribution in [0.5, 0.6) is 0 Å². The highest BCUT2D eigenvalue weighted by atomic mass is 32.1. The molecule has 2 amide bonds. The zero-order valence-corrected chi connectivity index (χ0v) is 17.4. The van der Waals surface area contributed by atoms with Crippen LogP contribution in [0.15, 0.2) is 24.3 Å². The molecule has 0 radical (unpaired) electrons. The fourth-order valence-corrected chi connectivity index (χ4v) is 4.79. The van der Waals surface area contributed by atoms with Crippen LogP contribution in [0.2, 0.25) is 0 Å². The van der Waals surface area contributed by atoms with Crippen molar-refractivity contribution >= 4 is 28.8 Å². The van der Waals surface area contributed by atoms with E-state index in [1.54, 1.807) is 18.4 Å². The normalized spacial score (nSPS) is 15.9. The third kappa shape index (κ3) is 4.59. The van der Waals surface area contributed by atoms with Gasteiger partial charge in [-0.2, -0.15) is 0 Å². The fraction of sp³-hybridized carbons (Fsp3) is 0.455. The van der Waals surface area contributed by atoms with E-state index in [0.29, 0.717) is 0 Å². The van der Waals surface area contributed by atoms with Crippen LogP contribution in [-0.2, 0) is 17.6 Å². The van der Waals surface area contributed by atoms with Gasteiger partial charge >= 0.3 is 0 Å². The molecular formula is C22H28N2O2S. The number of nitrogens with one attached hydrogen (secondary N) is 1. The van der Waals surface area contributed by atoms with Gasteiger partial charge in [-0.05, 0) is 67.9 Å². The molecule has 144 valence electrons. The minimum absolute atomic E-state index is 0.0480. The van der Waals surface area contributed by atoms with E-state index >= 15 is 0 Å². The number of hydrogen-bond donors (Lipinski definition) is 1. The molecule has 1 aromatic heterocycles. The molecule has 1 aliphatic rings. The Morgan fingerprint density at radius 3 is 2.78 bits per heavy atom. The molecule has 0 spiro atoms. The molecule has 0 saturated carbocycles. The summed E-state index contributed by atoms with van der Waals surface area (Å²) in [6.45, 7) is 6.23. The first-order valence-corrected chi connectivity index (χ1v) is 10.4. The van der Waals surface area contributed by atoms with E-state index in [4.69, 9.17) is 0 Å². The monoisotopic (exact) mass is 384 g/mol. The van der Waals surface area contributed by atoms with Gasteiger partial charge in [-0.3, -0.25) is 9.59 Å². The number of nitrogens with zero attached hydrogens (tertiary/aromatic N) is 1. The molecule has 0 fully saturated rings. The maximum absolute atomic E-state index is 12.8. The Labute approximate surface area is 165 Å². The number of aryl methyl sites for hydroxylation is 3. The molecule has 3 rings (SSSR count). The molecule has 1 aromatic carbocycles. The van der Waals surface area contributed by atoms with Gasteiger partial charge in [0.15, 0.2) is 0 Å². The van der Waals surface area contributed by atoms with Gasteiger partial charge in [-0.15, -0.1) is 11.3 Å². The van der Waals surface area contributed by atoms with Gasteiger partial charge < -0.3 is 10.2 Å². The average Bonchev–Trinajstić information content (AvgIpc) is 3.06. The highest BCUT2D eigenvalue weighted by molar-refractivity contribution is 7.14. The van der Waals surface area contributed by atoms with Crippen molar-refractivity contribution in [2.24, 2.45) is 5.92 Å². The molecular weight excluding hydrogens is 356 g/mol. The Hall–Kier alpha value is -2.14. The van der Waals surface area contributed by atoms with Crippen LogP contribution in [0.3, 0.4) is 0 Å². The van der Waals surface area contributed by atoms with Crippen molar-refractivity contribution in [1.82, 2.24) is 4.90 Å². The number of hydrogen-bond acceptors (Lipinski definition) is 3. The van der Waals surface area contributed by atoms with Crippen LogP contribution < -0.4 is 5.32 Å². The van der Waals surface area contributed by atoms with Crippen LogP contribution in [0, 0.1) is 19.8 Å². The minimum Gasteiger partial charge on any atom is -0.332 e. The summed E-state index contributed by atoms with van der Waals surface area (Å²) in [6.07, 6.45) is 4.55. The topological polar surface area (TPSA) is 49.4 Å². The Kier molecular flexibility index (Phi) is 6.00. The molecule has 1 atom stereocenters. The van der Waals surface area contributed by atoms with E-state index in [1.165, 1.54) is 28.2 Å². The first-order valence-electron chi connectivity index (χ1n) is 9.61. The van der Waals surface area contributed by atoms with E-state index in [2.05, 4.69) is 12.2 Å². The maximum atomic E-state index is 12.8. The standard InChI is InChI=1S/C22H28N2O2S/c1-5-16-8-9-19-17(11-16)12-20(27-19)22(26)24(4)13-21(25)23-18-10-14(2)6-7-15(18)3/h6-7,10,12,16H,5,8-9,11,13H2,1-4H3,(H,23,25)/t16-/m1/s1. The molecule has 1 aliphatic carbocycles. The van der Waals surface area contributed by atoms with Crippen molar-refractivity contribution in [3.05, 3.63) is 50.7 Å². The Morgan fingerprint density at radius 2 is 2.04 bits per heavy atom. The van der Waals surface area contributed by atoms with E-state index < -0.39 is 0 Å². The Balaban J connectivity index is 1.63. The van der Waals surface area contributed by atoms with Gasteiger partial charge in [0.1, 0.15) is 0 Å². The van der Waals surface area contributed by atoms with Crippen LogP contribution in [-0.4, -0.2) is 30.3 Å². The molecule has 27 heavy (non-hydrogen) atoms. The maximum Gasteiger partial charge on any atom is 0.264 e. The van der Waals surface area contributed by atoms with Crippen LogP contribution in [0.25, 0.3) is 0 Å². The SMILES string of the molecule is CC[C@@H]1CCc2sc(C(=O)N(C)CC(=O)Nc3cc(C)ccc3C)cc2C1. The van der Waals surface area contributed by atoms with Crippen molar-refractivity contribution in [3.63, 3.8) is 0 Å². The molecule has 5 heteroatoms. The highest BCUT2D eigenvalue weighted by Gasteiger charge is 2.24. The second-order valence-electron chi connectivity index (χ2n) is 7.60. The number of benzene rings is 1. The lowest BCUT2D eigenvalue weighted by Crippen LogP contribution is -2.34. The van der Waals surface area contributed by atoms with Crippen molar-refractivity contribution in [2.45, 2.75) is 46.5 Å². The lowest BCUT2D eigenvalue weighted by molar-refractivity contribution is -0.116. The molecule has 1 N–H and O–H groups in total. The van der Waals surface area contributed by atoms with Crippen LogP contribution in [0.4, 0.5) is 5.69 Å². The summed E-state index contributed by atoms with van der Waals surface area (Å²) >= 11 is 1.60. The molecule has 0 aliphatic heterocycles. The zero-order valence-electron chi connectivity index (χ0n) is 16.6. The lowest BCUT2D eigenvalue weighted by Gasteiger charge is -2.19. The van der Waals surface area contributed by atoms with E-state index in [-0.39, 0.29) is 18.4 Å². The van der Waals surface area contributed by atoms with E-state index in [0.717, 1.165) is 40.5 Å². The van der Waals surface area contributed by atoms with Gasteiger partial charge in [0.05, 0.1) is 11.4 Å². The average molecular weight is 385 g/mol. The summed E-state index contributed by atoms with van der Waals surface area (Å²) in [5, 5.41) is 2.92. The van der Waals surface area contributed by atoms with Crippen molar-refractivity contribution < 1.29 is 9.59 Å². The van der Waals surface area contributed by atoms with Gasteiger partial charge in [0.2, 0.25) is 5.91 Å².